The quantitative estimate of drug-likeness (QED) is 0.641. The lowest BCUT2D eigenvalue weighted by Crippen LogP contribution is -2.40. The number of carbonyl (C=O) groups is 2. The zero-order chi connectivity index (χ0) is 10.6. The van der Waals surface area contributed by atoms with Crippen LogP contribution >= 0.6 is 0 Å². The predicted octanol–water partition coefficient (Wildman–Crippen LogP) is 1.77. The van der Waals surface area contributed by atoms with Crippen LogP contribution in [0.5, 0.6) is 0 Å². The van der Waals surface area contributed by atoms with E-state index in [2.05, 4.69) is 0 Å². The van der Waals surface area contributed by atoms with Gasteiger partial charge in [0.25, 0.3) is 0 Å². The Morgan fingerprint density at radius 3 is 2.60 bits per heavy atom. The molecular formula is C12H11NO2. The highest BCUT2D eigenvalue weighted by Crippen LogP contribution is 2.52. The van der Waals surface area contributed by atoms with Crippen molar-refractivity contribution in [1.29, 1.82) is 0 Å². The first-order valence-corrected chi connectivity index (χ1v) is 5.11. The summed E-state index contributed by atoms with van der Waals surface area (Å²) in [6.45, 7) is 1.52. The molecule has 3 heteroatoms. The van der Waals surface area contributed by atoms with Crippen LogP contribution in [0.15, 0.2) is 24.3 Å². The molecule has 0 aromatic heterocycles. The van der Waals surface area contributed by atoms with E-state index in [-0.39, 0.29) is 11.7 Å². The van der Waals surface area contributed by atoms with Crippen molar-refractivity contribution in [2.75, 3.05) is 4.90 Å². The summed E-state index contributed by atoms with van der Waals surface area (Å²) in [4.78, 5) is 25.4. The lowest BCUT2D eigenvalue weighted by atomic mass is 10.1. The zero-order valence-electron chi connectivity index (χ0n) is 8.49. The summed E-state index contributed by atoms with van der Waals surface area (Å²) >= 11 is 0. The molecule has 3 rings (SSSR count). The Morgan fingerprint density at radius 1 is 1.33 bits per heavy atom. The van der Waals surface area contributed by atoms with E-state index in [0.29, 0.717) is 5.56 Å². The largest absolute Gasteiger partial charge is 0.298 e. The van der Waals surface area contributed by atoms with Crippen LogP contribution in [0.3, 0.4) is 0 Å². The Bertz CT molecular complexity index is 474. The minimum atomic E-state index is -0.504. The number of benzene rings is 1. The van der Waals surface area contributed by atoms with E-state index in [1.165, 1.54) is 6.92 Å². The van der Waals surface area contributed by atoms with Crippen molar-refractivity contribution >= 4 is 17.4 Å². The fraction of sp³-hybridized carbons (Fsp3) is 0.333. The third-order valence-corrected chi connectivity index (χ3v) is 3.28. The highest BCUT2D eigenvalue weighted by Gasteiger charge is 2.61. The number of hydrogen-bond donors (Lipinski definition) is 0. The smallest absolute Gasteiger partial charge is 0.224 e. The summed E-state index contributed by atoms with van der Waals surface area (Å²) in [7, 11) is 0. The second kappa shape index (κ2) is 2.48. The van der Waals surface area contributed by atoms with Crippen molar-refractivity contribution < 1.29 is 9.59 Å². The summed E-state index contributed by atoms with van der Waals surface area (Å²) in [5.41, 5.74) is 0.980. The molecule has 1 saturated carbocycles. The minimum absolute atomic E-state index is 0.0363. The molecule has 3 nitrogen and oxygen atoms in total. The maximum Gasteiger partial charge on any atom is 0.224 e. The highest BCUT2D eigenvalue weighted by molar-refractivity contribution is 6.21. The molecule has 1 aliphatic heterocycles. The molecule has 0 N–H and O–H groups in total. The van der Waals surface area contributed by atoms with Crippen molar-refractivity contribution in [3.05, 3.63) is 29.8 Å². The number of carbonyl (C=O) groups excluding carboxylic acids is 2. The molecule has 0 atom stereocenters. The summed E-state index contributed by atoms with van der Waals surface area (Å²) in [5.74, 6) is 0.0825. The van der Waals surface area contributed by atoms with Crippen LogP contribution in [0.4, 0.5) is 5.69 Å². The van der Waals surface area contributed by atoms with E-state index in [1.807, 2.05) is 18.2 Å². The van der Waals surface area contributed by atoms with E-state index in [9.17, 15) is 9.59 Å². The van der Waals surface area contributed by atoms with Gasteiger partial charge in [-0.2, -0.15) is 0 Å². The van der Waals surface area contributed by atoms with Gasteiger partial charge in [0.15, 0.2) is 5.78 Å². The number of anilines is 1. The van der Waals surface area contributed by atoms with Crippen molar-refractivity contribution in [2.24, 2.45) is 0 Å². The molecular weight excluding hydrogens is 190 g/mol. The Hall–Kier alpha value is -1.64. The zero-order valence-corrected chi connectivity index (χ0v) is 8.49. The fourth-order valence-electron chi connectivity index (χ4n) is 2.48. The molecule has 0 radical (unpaired) electrons. The van der Waals surface area contributed by atoms with Gasteiger partial charge in [0, 0.05) is 12.5 Å². The average Bonchev–Trinajstić information content (AvgIpc) is 2.94. The topological polar surface area (TPSA) is 37.4 Å². The molecule has 1 spiro atoms. The van der Waals surface area contributed by atoms with Gasteiger partial charge in [0.2, 0.25) is 5.91 Å². The van der Waals surface area contributed by atoms with Gasteiger partial charge in [-0.15, -0.1) is 0 Å². The molecule has 1 aromatic carbocycles. The van der Waals surface area contributed by atoms with Gasteiger partial charge in [-0.1, -0.05) is 12.1 Å². The van der Waals surface area contributed by atoms with Crippen LogP contribution in [0.1, 0.15) is 30.1 Å². The maximum absolute atomic E-state index is 12.1. The van der Waals surface area contributed by atoms with Crippen LogP contribution < -0.4 is 4.90 Å². The number of nitrogens with zero attached hydrogens (tertiary/aromatic N) is 1. The maximum atomic E-state index is 12.1. The van der Waals surface area contributed by atoms with Crippen molar-refractivity contribution in [1.82, 2.24) is 0 Å². The van der Waals surface area contributed by atoms with E-state index >= 15 is 0 Å². The van der Waals surface area contributed by atoms with Crippen LogP contribution in [-0.4, -0.2) is 17.2 Å². The number of Topliss-reactive ketones (excluding diaryl/α,β-unsaturated/α-hetero) is 1. The van der Waals surface area contributed by atoms with Gasteiger partial charge in [0.05, 0.1) is 5.69 Å². The van der Waals surface area contributed by atoms with Crippen molar-refractivity contribution in [2.45, 2.75) is 25.3 Å². The van der Waals surface area contributed by atoms with Gasteiger partial charge in [-0.05, 0) is 25.0 Å². The average molecular weight is 201 g/mol. The number of para-hydroxylation sites is 1. The molecule has 0 unspecified atom stereocenters. The lowest BCUT2D eigenvalue weighted by Gasteiger charge is -2.21. The van der Waals surface area contributed by atoms with Crippen LogP contribution in [0.2, 0.25) is 0 Å². The first kappa shape index (κ1) is 8.65. The van der Waals surface area contributed by atoms with E-state index in [0.717, 1.165) is 18.5 Å². The van der Waals surface area contributed by atoms with E-state index < -0.39 is 5.54 Å². The molecule has 1 heterocycles. The number of rotatable bonds is 0. The van der Waals surface area contributed by atoms with E-state index in [1.54, 1.807) is 11.0 Å². The monoisotopic (exact) mass is 201 g/mol. The standard InChI is InChI=1S/C12H11NO2/c1-8(14)13-10-5-3-2-4-9(10)11(15)12(13)6-7-12/h2-5H,6-7H2,1H3. The molecule has 1 fully saturated rings. The Morgan fingerprint density at radius 2 is 2.00 bits per heavy atom. The van der Waals surface area contributed by atoms with Gasteiger partial charge >= 0.3 is 0 Å². The summed E-state index contributed by atoms with van der Waals surface area (Å²) in [5, 5.41) is 0. The number of hydrogen-bond acceptors (Lipinski definition) is 2. The summed E-state index contributed by atoms with van der Waals surface area (Å²) in [6, 6.07) is 7.36. The normalized spacial score (nSPS) is 20.6. The minimum Gasteiger partial charge on any atom is -0.298 e. The molecule has 76 valence electrons. The molecule has 2 aliphatic rings. The van der Waals surface area contributed by atoms with Crippen LogP contribution in [0.25, 0.3) is 0 Å². The number of amides is 1. The van der Waals surface area contributed by atoms with Crippen LogP contribution in [0, 0.1) is 0 Å². The summed E-state index contributed by atoms with van der Waals surface area (Å²) < 4.78 is 0. The Balaban J connectivity index is 2.23. The van der Waals surface area contributed by atoms with Gasteiger partial charge < -0.3 is 0 Å². The van der Waals surface area contributed by atoms with Crippen LogP contribution in [-0.2, 0) is 4.79 Å². The molecule has 0 saturated heterocycles. The van der Waals surface area contributed by atoms with Gasteiger partial charge in [-0.3, -0.25) is 14.5 Å². The van der Waals surface area contributed by atoms with Gasteiger partial charge in [0.1, 0.15) is 5.54 Å². The lowest BCUT2D eigenvalue weighted by molar-refractivity contribution is -0.116. The molecule has 15 heavy (non-hydrogen) atoms. The predicted molar refractivity (Wildman–Crippen MR) is 55.9 cm³/mol. The fourth-order valence-corrected chi connectivity index (χ4v) is 2.48. The van der Waals surface area contributed by atoms with Crippen molar-refractivity contribution in [3.63, 3.8) is 0 Å². The SMILES string of the molecule is CC(=O)N1c2ccccc2C(=O)C12CC2. The van der Waals surface area contributed by atoms with E-state index in [4.69, 9.17) is 0 Å². The van der Waals surface area contributed by atoms with Crippen molar-refractivity contribution in [3.8, 4) is 0 Å². The third-order valence-electron chi connectivity index (χ3n) is 3.28. The second-order valence-corrected chi connectivity index (χ2v) is 4.23. The van der Waals surface area contributed by atoms with Gasteiger partial charge in [-0.25, -0.2) is 0 Å². The Kier molecular flexibility index (Phi) is 1.43. The number of ketones is 1. The third kappa shape index (κ3) is 0.902. The molecule has 1 aromatic rings. The number of fused-ring (bicyclic) bond motifs is 1. The summed E-state index contributed by atoms with van der Waals surface area (Å²) in [6.07, 6.45) is 1.61. The second-order valence-electron chi connectivity index (χ2n) is 4.23. The molecule has 1 aliphatic carbocycles. The first-order chi connectivity index (χ1) is 7.17. The molecule has 1 amide bonds. The Labute approximate surface area is 87.7 Å². The first-order valence-electron chi connectivity index (χ1n) is 5.11. The highest BCUT2D eigenvalue weighted by atomic mass is 16.2. The molecule has 0 bridgehead atoms.